The van der Waals surface area contributed by atoms with Crippen LogP contribution in [0.3, 0.4) is 0 Å². The van der Waals surface area contributed by atoms with Crippen LogP contribution < -0.4 is 10.1 Å². The Hall–Kier alpha value is -2.45. The van der Waals surface area contributed by atoms with Gasteiger partial charge in [0, 0.05) is 12.2 Å². The van der Waals surface area contributed by atoms with E-state index in [1.54, 1.807) is 32.9 Å². The largest absolute Gasteiger partial charge is 0.495 e. The molecule has 27 heavy (non-hydrogen) atoms. The summed E-state index contributed by atoms with van der Waals surface area (Å²) in [5, 5.41) is 2.56. The smallest absolute Gasteiger partial charge is 0.247 e. The molecule has 0 aliphatic carbocycles. The van der Waals surface area contributed by atoms with Gasteiger partial charge in [-0.3, -0.25) is 4.79 Å². The van der Waals surface area contributed by atoms with Crippen molar-refractivity contribution in [2.45, 2.75) is 25.7 Å². The van der Waals surface area contributed by atoms with Crippen molar-refractivity contribution in [1.82, 2.24) is 4.31 Å². The van der Waals surface area contributed by atoms with Gasteiger partial charge >= 0.3 is 0 Å². The molecule has 0 aromatic heterocycles. The zero-order chi connectivity index (χ0) is 20.2. The minimum absolute atomic E-state index is 0.00147. The molecule has 0 radical (unpaired) electrons. The number of hydrogen-bond acceptors (Lipinski definition) is 4. The van der Waals surface area contributed by atoms with Crippen molar-refractivity contribution in [2.24, 2.45) is 0 Å². The van der Waals surface area contributed by atoms with Gasteiger partial charge in [-0.05, 0) is 49.2 Å². The molecule has 2 rings (SSSR count). The molecule has 8 heteroatoms. The molecule has 1 amide bonds. The number of carbonyl (C=O) groups excluding carboxylic acids is 1. The molecule has 146 valence electrons. The Balaban J connectivity index is 2.27. The van der Waals surface area contributed by atoms with Gasteiger partial charge in [0.25, 0.3) is 0 Å². The summed E-state index contributed by atoms with van der Waals surface area (Å²) in [7, 11) is -2.56. The van der Waals surface area contributed by atoms with Gasteiger partial charge in [-0.25, -0.2) is 12.8 Å². The highest BCUT2D eigenvalue weighted by Crippen LogP contribution is 2.27. The lowest BCUT2D eigenvalue weighted by Crippen LogP contribution is -2.38. The molecule has 0 bridgehead atoms. The van der Waals surface area contributed by atoms with Crippen molar-refractivity contribution in [3.05, 3.63) is 53.3 Å². The maximum atomic E-state index is 13.4. The maximum Gasteiger partial charge on any atom is 0.247 e. The Morgan fingerprint density at radius 3 is 2.52 bits per heavy atom. The van der Waals surface area contributed by atoms with Gasteiger partial charge in [-0.1, -0.05) is 19.1 Å². The summed E-state index contributed by atoms with van der Waals surface area (Å²) in [6.45, 7) is 4.83. The molecule has 0 atom stereocenters. The second-order valence-electron chi connectivity index (χ2n) is 6.09. The van der Waals surface area contributed by atoms with Crippen LogP contribution in [0.25, 0.3) is 0 Å². The van der Waals surface area contributed by atoms with Crippen LogP contribution in [0, 0.1) is 19.7 Å². The monoisotopic (exact) mass is 394 g/mol. The number of nitrogens with zero attached hydrogens (tertiary/aromatic N) is 1. The van der Waals surface area contributed by atoms with E-state index < -0.39 is 28.3 Å². The SMILES string of the molecule is CCN(CC(=O)Nc1cc(F)ccc1C)S(=O)(=O)c1cc(C)ccc1OC. The Labute approximate surface area is 159 Å². The van der Waals surface area contributed by atoms with E-state index in [2.05, 4.69) is 5.32 Å². The Bertz CT molecular complexity index is 945. The Morgan fingerprint density at radius 1 is 1.19 bits per heavy atom. The van der Waals surface area contributed by atoms with Crippen LogP contribution in [0.5, 0.6) is 5.75 Å². The lowest BCUT2D eigenvalue weighted by molar-refractivity contribution is -0.116. The molecule has 0 aliphatic heterocycles. The van der Waals surface area contributed by atoms with Crippen molar-refractivity contribution in [3.63, 3.8) is 0 Å². The van der Waals surface area contributed by atoms with Crippen molar-refractivity contribution < 1.29 is 22.3 Å². The number of benzene rings is 2. The van der Waals surface area contributed by atoms with Crippen LogP contribution in [0.2, 0.25) is 0 Å². The van der Waals surface area contributed by atoms with Gasteiger partial charge in [-0.2, -0.15) is 4.31 Å². The van der Waals surface area contributed by atoms with E-state index in [1.807, 2.05) is 0 Å². The number of carbonyl (C=O) groups is 1. The van der Waals surface area contributed by atoms with E-state index in [-0.39, 0.29) is 17.2 Å². The number of likely N-dealkylation sites (N-methyl/N-ethyl adjacent to an activating group) is 1. The van der Waals surface area contributed by atoms with Crippen LogP contribution in [-0.2, 0) is 14.8 Å². The van der Waals surface area contributed by atoms with E-state index in [9.17, 15) is 17.6 Å². The van der Waals surface area contributed by atoms with Crippen LogP contribution in [0.15, 0.2) is 41.3 Å². The van der Waals surface area contributed by atoms with E-state index in [4.69, 9.17) is 4.74 Å². The van der Waals surface area contributed by atoms with Gasteiger partial charge in [0.1, 0.15) is 16.5 Å². The summed E-state index contributed by atoms with van der Waals surface area (Å²) >= 11 is 0. The van der Waals surface area contributed by atoms with Crippen LogP contribution >= 0.6 is 0 Å². The molecule has 6 nitrogen and oxygen atoms in total. The van der Waals surface area contributed by atoms with E-state index in [0.717, 1.165) is 9.87 Å². The average Bonchev–Trinajstić information content (AvgIpc) is 2.62. The topological polar surface area (TPSA) is 75.7 Å². The summed E-state index contributed by atoms with van der Waals surface area (Å²) in [5.41, 5.74) is 1.74. The Kier molecular flexibility index (Phi) is 6.56. The number of rotatable bonds is 7. The molecule has 2 aromatic carbocycles. The van der Waals surface area contributed by atoms with E-state index in [0.29, 0.717) is 11.3 Å². The van der Waals surface area contributed by atoms with Gasteiger partial charge in [-0.15, -0.1) is 0 Å². The number of ether oxygens (including phenoxy) is 1. The zero-order valence-electron chi connectivity index (χ0n) is 15.7. The molecular weight excluding hydrogens is 371 g/mol. The second kappa shape index (κ2) is 8.49. The molecule has 0 fully saturated rings. The third kappa shape index (κ3) is 4.84. The zero-order valence-corrected chi connectivity index (χ0v) is 16.6. The van der Waals surface area contributed by atoms with E-state index >= 15 is 0 Å². The molecule has 0 saturated carbocycles. The number of methoxy groups -OCH3 is 1. The summed E-state index contributed by atoms with van der Waals surface area (Å²) < 4.78 is 45.6. The van der Waals surface area contributed by atoms with Gasteiger partial charge < -0.3 is 10.1 Å². The first kappa shape index (κ1) is 20.9. The van der Waals surface area contributed by atoms with Crippen molar-refractivity contribution >= 4 is 21.6 Å². The Morgan fingerprint density at radius 2 is 1.89 bits per heavy atom. The first-order valence-electron chi connectivity index (χ1n) is 8.39. The van der Waals surface area contributed by atoms with Crippen LogP contribution in [0.1, 0.15) is 18.1 Å². The third-order valence-corrected chi connectivity index (χ3v) is 6.03. The van der Waals surface area contributed by atoms with Crippen molar-refractivity contribution in [2.75, 3.05) is 25.5 Å². The summed E-state index contributed by atoms with van der Waals surface area (Å²) in [6.07, 6.45) is 0. The number of hydrogen-bond donors (Lipinski definition) is 1. The number of aryl methyl sites for hydroxylation is 2. The van der Waals surface area contributed by atoms with Gasteiger partial charge in [0.05, 0.1) is 13.7 Å². The molecule has 1 N–H and O–H groups in total. The summed E-state index contributed by atoms with van der Waals surface area (Å²) in [4.78, 5) is 12.4. The summed E-state index contributed by atoms with van der Waals surface area (Å²) in [6, 6.07) is 8.85. The number of nitrogens with one attached hydrogen (secondary N) is 1. The average molecular weight is 394 g/mol. The minimum Gasteiger partial charge on any atom is -0.495 e. The minimum atomic E-state index is -3.95. The molecular formula is C19H23FN2O4S. The number of halogens is 1. The van der Waals surface area contributed by atoms with Crippen LogP contribution in [0.4, 0.5) is 10.1 Å². The molecule has 0 spiro atoms. The highest BCUT2D eigenvalue weighted by atomic mass is 32.2. The fourth-order valence-corrected chi connectivity index (χ4v) is 4.22. The highest BCUT2D eigenvalue weighted by Gasteiger charge is 2.28. The molecule has 0 unspecified atom stereocenters. The molecule has 0 aliphatic rings. The van der Waals surface area contributed by atoms with Crippen molar-refractivity contribution in [3.8, 4) is 5.75 Å². The third-order valence-electron chi connectivity index (χ3n) is 4.08. The summed E-state index contributed by atoms with van der Waals surface area (Å²) in [5.74, 6) is -0.832. The maximum absolute atomic E-state index is 13.4. The standard InChI is InChI=1S/C19H23FN2O4S/c1-5-22(12-19(23)21-16-11-15(20)8-7-14(16)3)27(24,25)18-10-13(2)6-9-17(18)26-4/h6-11H,5,12H2,1-4H3,(H,21,23). The first-order valence-corrected chi connectivity index (χ1v) is 9.83. The molecule has 0 heterocycles. The fraction of sp³-hybridized carbons (Fsp3) is 0.316. The predicted molar refractivity (Wildman–Crippen MR) is 102 cm³/mol. The van der Waals surface area contributed by atoms with Gasteiger partial charge in [0.2, 0.25) is 15.9 Å². The molecule has 0 saturated heterocycles. The second-order valence-corrected chi connectivity index (χ2v) is 8.00. The number of amides is 1. The lowest BCUT2D eigenvalue weighted by Gasteiger charge is -2.22. The molecule has 2 aromatic rings. The normalized spacial score (nSPS) is 11.5. The predicted octanol–water partition coefficient (Wildman–Crippen LogP) is 3.10. The first-order chi connectivity index (χ1) is 12.7. The lowest BCUT2D eigenvalue weighted by atomic mass is 10.2. The van der Waals surface area contributed by atoms with E-state index in [1.165, 1.54) is 31.4 Å². The van der Waals surface area contributed by atoms with Gasteiger partial charge in [0.15, 0.2) is 0 Å². The highest BCUT2D eigenvalue weighted by molar-refractivity contribution is 7.89. The quantitative estimate of drug-likeness (QED) is 0.783. The van der Waals surface area contributed by atoms with Crippen molar-refractivity contribution in [1.29, 1.82) is 0 Å². The number of sulfonamides is 1. The van der Waals surface area contributed by atoms with Crippen LogP contribution in [-0.4, -0.2) is 38.8 Å². The fourth-order valence-electron chi connectivity index (χ4n) is 2.57. The number of anilines is 1.